The first kappa shape index (κ1) is 51.5. The highest BCUT2D eigenvalue weighted by molar-refractivity contribution is 6.23. The van der Waals surface area contributed by atoms with Crippen LogP contribution >= 0.6 is 0 Å². The Morgan fingerprint density at radius 3 is 2.45 bits per heavy atom. The fourth-order valence-corrected chi connectivity index (χ4v) is 10.6. The van der Waals surface area contributed by atoms with Gasteiger partial charge in [0.1, 0.15) is 36.5 Å². The van der Waals surface area contributed by atoms with Gasteiger partial charge in [0.15, 0.2) is 23.2 Å². The van der Waals surface area contributed by atoms with E-state index in [0.717, 1.165) is 79.5 Å². The van der Waals surface area contributed by atoms with Gasteiger partial charge in [0, 0.05) is 63.2 Å². The molecular weight excluding hydrogens is 933 g/mol. The Hall–Kier alpha value is -6.35. The van der Waals surface area contributed by atoms with Crippen LogP contribution in [-0.2, 0) is 31.0 Å². The number of piperidine rings is 1. The molecule has 9 rings (SSSR count). The molecule has 0 spiro atoms. The van der Waals surface area contributed by atoms with Crippen molar-refractivity contribution in [3.05, 3.63) is 71.6 Å². The molecule has 1 aliphatic carbocycles. The first-order chi connectivity index (χ1) is 35.0. The third kappa shape index (κ3) is 11.4. The molecule has 5 amide bonds. The number of H-pyrrole nitrogens is 1. The summed E-state index contributed by atoms with van der Waals surface area (Å²) in [5.41, 5.74) is 5.59. The van der Waals surface area contributed by atoms with Crippen LogP contribution in [0.15, 0.2) is 49.1 Å². The minimum atomic E-state index is -1.18. The Kier molecular flexibility index (Phi) is 15.5. The van der Waals surface area contributed by atoms with Crippen molar-refractivity contribution in [2.24, 2.45) is 5.92 Å². The van der Waals surface area contributed by atoms with Gasteiger partial charge >= 0.3 is 0 Å². The second kappa shape index (κ2) is 22.0. The zero-order valence-corrected chi connectivity index (χ0v) is 42.5. The lowest BCUT2D eigenvalue weighted by atomic mass is 9.76. The lowest BCUT2D eigenvalue weighted by molar-refractivity contribution is -0.136. The Balaban J connectivity index is 0.657. The molecule has 3 fully saturated rings. The fourth-order valence-electron chi connectivity index (χ4n) is 10.6. The van der Waals surface area contributed by atoms with Gasteiger partial charge in [-0.1, -0.05) is 33.3 Å². The largest absolute Gasteiger partial charge is 0.387 e. The van der Waals surface area contributed by atoms with Crippen LogP contribution in [0.1, 0.15) is 144 Å². The fraction of sp³-hybridized carbons (Fsp3) is 0.566. The van der Waals surface area contributed by atoms with Crippen LogP contribution in [0, 0.1) is 5.92 Å². The standard InChI is InChI=1S/C53H70N12O8/c1-30(2)63(34-23-31(24-34)12-18-41-60-37-16-13-32(53(3,4)5)25-38(37)61-41)27-40-45(68)46(69)52(73-40)64-29-59-44-47(57-28-58-48(44)64)56-22-10-9-21-55-42(66)11-7-6-8-20-54-33-14-15-35-36(26-33)51(72)65(50(35)71)39-17-19-43(67)62-49(39)70/h13-16,25-26,28-31,34,39-40,45-46,52,54,68-69H,6-12,17-24,27H2,1-5H3,(H,55,66)(H,60,61)(H,56,57,58)(H,62,67,70)/t31?,34?,39?,40-,45?,46?,52-/m1/s1. The maximum Gasteiger partial charge on any atom is 0.262 e. The van der Waals surface area contributed by atoms with E-state index < -0.39 is 54.2 Å². The molecule has 0 bridgehead atoms. The summed E-state index contributed by atoms with van der Waals surface area (Å²) >= 11 is 0. The molecule has 3 aliphatic heterocycles. The summed E-state index contributed by atoms with van der Waals surface area (Å²) in [6.45, 7) is 13.2. The molecule has 73 heavy (non-hydrogen) atoms. The summed E-state index contributed by atoms with van der Waals surface area (Å²) in [5, 5.41) is 34.4. The number of ether oxygens (including phenoxy) is 1. The smallest absolute Gasteiger partial charge is 0.262 e. The van der Waals surface area contributed by atoms with E-state index in [2.05, 4.69) is 98.9 Å². The molecule has 5 aromatic rings. The quantitative estimate of drug-likeness (QED) is 0.0351. The summed E-state index contributed by atoms with van der Waals surface area (Å²) in [6.07, 6.45) is 7.77. The molecular formula is C53H70N12O8. The Bertz CT molecular complexity index is 2830. The number of nitrogens with zero attached hydrogens (tertiary/aromatic N) is 7. The topological polar surface area (TPSA) is 262 Å². The van der Waals surface area contributed by atoms with Crippen LogP contribution < -0.4 is 21.3 Å². The van der Waals surface area contributed by atoms with E-state index in [1.54, 1.807) is 29.1 Å². The van der Waals surface area contributed by atoms with Gasteiger partial charge in [-0.3, -0.25) is 43.7 Å². The van der Waals surface area contributed by atoms with Crippen molar-refractivity contribution in [2.45, 2.75) is 160 Å². The number of aromatic amines is 1. The molecule has 6 heterocycles. The highest BCUT2D eigenvalue weighted by atomic mass is 16.6. The van der Waals surface area contributed by atoms with E-state index in [1.807, 2.05) is 0 Å². The van der Waals surface area contributed by atoms with Crippen molar-refractivity contribution < 1.29 is 38.9 Å². The number of fused-ring (bicyclic) bond motifs is 3. The Morgan fingerprint density at radius 1 is 0.904 bits per heavy atom. The van der Waals surface area contributed by atoms with Gasteiger partial charge in [-0.2, -0.15) is 0 Å². The second-order valence-electron chi connectivity index (χ2n) is 21.5. The van der Waals surface area contributed by atoms with Crippen LogP contribution in [0.5, 0.6) is 0 Å². The van der Waals surface area contributed by atoms with Crippen LogP contribution in [0.25, 0.3) is 22.2 Å². The average molecular weight is 1000 g/mol. The number of hydrogen-bond donors (Lipinski definition) is 7. The van der Waals surface area contributed by atoms with Crippen LogP contribution in [0.4, 0.5) is 11.5 Å². The maximum absolute atomic E-state index is 13.1. The molecule has 0 radical (unpaired) electrons. The molecule has 20 nitrogen and oxygen atoms in total. The van der Waals surface area contributed by atoms with Gasteiger partial charge in [0.05, 0.1) is 28.5 Å². The van der Waals surface area contributed by atoms with Gasteiger partial charge < -0.3 is 35.9 Å². The molecule has 4 aliphatic rings. The molecule has 5 atom stereocenters. The van der Waals surface area contributed by atoms with Gasteiger partial charge in [-0.25, -0.2) is 19.9 Å². The minimum Gasteiger partial charge on any atom is -0.387 e. The van der Waals surface area contributed by atoms with Crippen molar-refractivity contribution in [2.75, 3.05) is 36.8 Å². The number of carbonyl (C=O) groups excluding carboxylic acids is 5. The number of imide groups is 2. The summed E-state index contributed by atoms with van der Waals surface area (Å²) < 4.78 is 8.10. The molecule has 1 saturated carbocycles. The zero-order chi connectivity index (χ0) is 51.6. The van der Waals surface area contributed by atoms with Crippen molar-refractivity contribution in [1.82, 2.24) is 49.9 Å². The van der Waals surface area contributed by atoms with Gasteiger partial charge in [-0.05, 0) is 112 Å². The summed E-state index contributed by atoms with van der Waals surface area (Å²) in [6, 6.07) is 11.0. The van der Waals surface area contributed by atoms with Crippen molar-refractivity contribution in [3.63, 3.8) is 0 Å². The number of hydrogen-bond acceptors (Lipinski definition) is 15. The molecule has 7 N–H and O–H groups in total. The molecule has 390 valence electrons. The highest BCUT2D eigenvalue weighted by Gasteiger charge is 2.47. The number of benzene rings is 2. The van der Waals surface area contributed by atoms with Gasteiger partial charge in [0.2, 0.25) is 17.7 Å². The average Bonchev–Trinajstić information content (AvgIpc) is 4.09. The number of imidazole rings is 2. The third-order valence-electron chi connectivity index (χ3n) is 15.0. The number of unbranched alkanes of at least 4 members (excludes halogenated alkanes) is 3. The summed E-state index contributed by atoms with van der Waals surface area (Å²) in [5.74, 6) is 0.00754. The molecule has 2 saturated heterocycles. The number of anilines is 2. The number of carbonyl (C=O) groups is 5. The van der Waals surface area contributed by atoms with Crippen molar-refractivity contribution >= 4 is 63.2 Å². The van der Waals surface area contributed by atoms with Crippen molar-refractivity contribution in [1.29, 1.82) is 0 Å². The molecule has 3 unspecified atom stereocenters. The lowest BCUT2D eigenvalue weighted by Crippen LogP contribution is -2.54. The first-order valence-electron chi connectivity index (χ1n) is 26.1. The predicted octanol–water partition coefficient (Wildman–Crippen LogP) is 5.12. The van der Waals surface area contributed by atoms with Crippen LogP contribution in [-0.4, -0.2) is 142 Å². The zero-order valence-electron chi connectivity index (χ0n) is 42.5. The van der Waals surface area contributed by atoms with Crippen LogP contribution in [0.3, 0.4) is 0 Å². The normalized spacial score (nSPS) is 23.2. The first-order valence-corrected chi connectivity index (χ1v) is 26.1. The molecule has 2 aromatic carbocycles. The number of amides is 5. The van der Waals surface area contributed by atoms with Gasteiger partial charge in [-0.15, -0.1) is 0 Å². The van der Waals surface area contributed by atoms with Crippen molar-refractivity contribution in [3.8, 4) is 0 Å². The van der Waals surface area contributed by atoms with E-state index in [4.69, 9.17) is 9.72 Å². The van der Waals surface area contributed by atoms with E-state index in [0.29, 0.717) is 67.2 Å². The second-order valence-corrected chi connectivity index (χ2v) is 21.5. The van der Waals surface area contributed by atoms with E-state index in [-0.39, 0.29) is 41.3 Å². The number of rotatable bonds is 22. The van der Waals surface area contributed by atoms with E-state index in [9.17, 15) is 34.2 Å². The number of aromatic nitrogens is 6. The SMILES string of the molecule is CC(C)N(C[C@H]1O[C@@H](n2cnc3c(NCCCCNC(=O)CCCCCNc4ccc5c(c4)C(=O)N(C4CCC(=O)NC4=O)C5=O)ncnc32)C(O)C1O)C1CC(CCc2nc3cc(C(C)(C)C)ccc3[nH]2)C1. The van der Waals surface area contributed by atoms with E-state index >= 15 is 0 Å². The van der Waals surface area contributed by atoms with Gasteiger partial charge in [0.25, 0.3) is 11.8 Å². The third-order valence-corrected chi connectivity index (χ3v) is 15.0. The number of aliphatic hydroxyl groups is 2. The van der Waals surface area contributed by atoms with Crippen LogP contribution in [0.2, 0.25) is 0 Å². The molecule has 20 heteroatoms. The monoisotopic (exact) mass is 1000 g/mol. The Morgan fingerprint density at radius 2 is 1.67 bits per heavy atom. The lowest BCUT2D eigenvalue weighted by Gasteiger charge is -2.46. The van der Waals surface area contributed by atoms with E-state index in [1.165, 1.54) is 11.9 Å². The highest BCUT2D eigenvalue weighted by Crippen LogP contribution is 2.39. The predicted molar refractivity (Wildman–Crippen MR) is 274 cm³/mol. The minimum absolute atomic E-state index is 0.00977. The summed E-state index contributed by atoms with van der Waals surface area (Å²) in [4.78, 5) is 87.8. The molecule has 3 aromatic heterocycles. The number of aryl methyl sites for hydroxylation is 1. The maximum atomic E-state index is 13.1. The number of aliphatic hydroxyl groups excluding tert-OH is 2. The number of nitrogens with one attached hydrogen (secondary N) is 5. The Labute approximate surface area is 424 Å². The summed E-state index contributed by atoms with van der Waals surface area (Å²) in [7, 11) is 0.